The number of hydrogen-bond donors (Lipinski definition) is 0. The van der Waals surface area contributed by atoms with Gasteiger partial charge >= 0.3 is 5.97 Å². The highest BCUT2D eigenvalue weighted by Gasteiger charge is 2.22. The summed E-state index contributed by atoms with van der Waals surface area (Å²) in [5.41, 5.74) is 1.15. The summed E-state index contributed by atoms with van der Waals surface area (Å²) in [6.07, 6.45) is 3.97. The van der Waals surface area contributed by atoms with Crippen molar-refractivity contribution in [1.82, 2.24) is 9.55 Å². The molecule has 1 aromatic rings. The zero-order valence-electron chi connectivity index (χ0n) is 9.19. The van der Waals surface area contributed by atoms with Crippen LogP contribution in [0.15, 0.2) is 6.20 Å². The molecule has 82 valence electrons. The van der Waals surface area contributed by atoms with Crippen LogP contribution in [0.5, 0.6) is 0 Å². The van der Waals surface area contributed by atoms with Gasteiger partial charge in [0.15, 0.2) is 0 Å². The minimum absolute atomic E-state index is 0.308. The maximum absolute atomic E-state index is 11.6. The van der Waals surface area contributed by atoms with Gasteiger partial charge in [0, 0.05) is 18.4 Å². The quantitative estimate of drug-likeness (QED) is 0.694. The largest absolute Gasteiger partial charge is 0.460 e. The first-order chi connectivity index (χ1) is 7.22. The summed E-state index contributed by atoms with van der Waals surface area (Å²) in [7, 11) is 0. The van der Waals surface area contributed by atoms with Gasteiger partial charge in [-0.15, -0.1) is 0 Å². The molecule has 0 spiro atoms. The zero-order chi connectivity index (χ0) is 10.8. The molecule has 0 saturated heterocycles. The first-order valence-electron chi connectivity index (χ1n) is 5.44. The van der Waals surface area contributed by atoms with Crippen molar-refractivity contribution in [2.45, 2.75) is 33.2 Å². The number of hydrogen-bond acceptors (Lipinski definition) is 3. The molecule has 2 rings (SSSR count). The SMILES string of the molecule is CCOC(=O)c1ncc2n1CC(C)CC2. The number of nitrogens with zero attached hydrogens (tertiary/aromatic N) is 2. The number of imidazole rings is 1. The molecule has 1 atom stereocenters. The summed E-state index contributed by atoms with van der Waals surface area (Å²) < 4.78 is 6.96. The maximum atomic E-state index is 11.6. The minimum Gasteiger partial charge on any atom is -0.460 e. The number of aromatic nitrogens is 2. The summed E-state index contributed by atoms with van der Waals surface area (Å²) in [6.45, 7) is 5.28. The molecule has 0 fully saturated rings. The predicted molar refractivity (Wildman–Crippen MR) is 55.7 cm³/mol. The lowest BCUT2D eigenvalue weighted by molar-refractivity contribution is 0.0504. The molecule has 0 amide bonds. The number of carbonyl (C=O) groups is 1. The Hall–Kier alpha value is -1.32. The molecule has 1 unspecified atom stereocenters. The van der Waals surface area contributed by atoms with Gasteiger partial charge in [0.25, 0.3) is 0 Å². The highest BCUT2D eigenvalue weighted by molar-refractivity contribution is 5.85. The molecule has 0 aliphatic carbocycles. The van der Waals surface area contributed by atoms with E-state index in [1.54, 1.807) is 13.1 Å². The highest BCUT2D eigenvalue weighted by atomic mass is 16.5. The van der Waals surface area contributed by atoms with Gasteiger partial charge in [-0.1, -0.05) is 6.92 Å². The van der Waals surface area contributed by atoms with Gasteiger partial charge in [0.1, 0.15) is 0 Å². The molecule has 0 saturated carbocycles. The number of esters is 1. The first-order valence-corrected chi connectivity index (χ1v) is 5.44. The summed E-state index contributed by atoms with van der Waals surface area (Å²) in [5, 5.41) is 0. The molecule has 2 heterocycles. The Morgan fingerprint density at radius 3 is 3.27 bits per heavy atom. The molecule has 15 heavy (non-hydrogen) atoms. The normalized spacial score (nSPS) is 19.7. The first kappa shape index (κ1) is 10.2. The van der Waals surface area contributed by atoms with E-state index in [1.807, 2.05) is 4.57 Å². The van der Waals surface area contributed by atoms with Crippen LogP contribution in [0, 0.1) is 5.92 Å². The molecule has 0 N–H and O–H groups in total. The van der Waals surface area contributed by atoms with Crippen LogP contribution in [0.1, 0.15) is 36.6 Å². The highest BCUT2D eigenvalue weighted by Crippen LogP contribution is 2.21. The Labute approximate surface area is 89.3 Å². The van der Waals surface area contributed by atoms with Crippen LogP contribution < -0.4 is 0 Å². The van der Waals surface area contributed by atoms with E-state index in [0.29, 0.717) is 18.3 Å². The van der Waals surface area contributed by atoms with Crippen LogP contribution in [-0.2, 0) is 17.7 Å². The van der Waals surface area contributed by atoms with Gasteiger partial charge in [-0.2, -0.15) is 0 Å². The number of rotatable bonds is 2. The maximum Gasteiger partial charge on any atom is 0.374 e. The minimum atomic E-state index is -0.308. The topological polar surface area (TPSA) is 44.1 Å². The van der Waals surface area contributed by atoms with Gasteiger partial charge in [0.05, 0.1) is 6.61 Å². The number of aryl methyl sites for hydroxylation is 1. The Morgan fingerprint density at radius 1 is 1.73 bits per heavy atom. The third-order valence-corrected chi connectivity index (χ3v) is 2.78. The number of fused-ring (bicyclic) bond motifs is 1. The molecule has 1 aromatic heterocycles. The summed E-state index contributed by atoms with van der Waals surface area (Å²) in [5.74, 6) is 0.760. The standard InChI is InChI=1S/C11H16N2O2/c1-3-15-11(14)10-12-6-9-5-4-8(2)7-13(9)10/h6,8H,3-5,7H2,1-2H3. The Morgan fingerprint density at radius 2 is 2.53 bits per heavy atom. The van der Waals surface area contributed by atoms with Crippen molar-refractivity contribution in [1.29, 1.82) is 0 Å². The van der Waals surface area contributed by atoms with E-state index in [9.17, 15) is 4.79 Å². The van der Waals surface area contributed by atoms with Gasteiger partial charge in [-0.3, -0.25) is 0 Å². The van der Waals surface area contributed by atoms with Crippen molar-refractivity contribution >= 4 is 5.97 Å². The lowest BCUT2D eigenvalue weighted by atomic mass is 10.0. The van der Waals surface area contributed by atoms with Gasteiger partial charge in [-0.05, 0) is 25.7 Å². The van der Waals surface area contributed by atoms with Crippen molar-refractivity contribution in [2.24, 2.45) is 5.92 Å². The predicted octanol–water partition coefficient (Wildman–Crippen LogP) is 1.64. The van der Waals surface area contributed by atoms with Crippen LogP contribution in [0.2, 0.25) is 0 Å². The van der Waals surface area contributed by atoms with Crippen molar-refractivity contribution in [3.8, 4) is 0 Å². The molecule has 0 radical (unpaired) electrons. The van der Waals surface area contributed by atoms with E-state index in [4.69, 9.17) is 4.74 Å². The van der Waals surface area contributed by atoms with Gasteiger partial charge in [-0.25, -0.2) is 9.78 Å². The average Bonchev–Trinajstić information content (AvgIpc) is 2.60. The lowest BCUT2D eigenvalue weighted by Crippen LogP contribution is -2.22. The zero-order valence-corrected chi connectivity index (χ0v) is 9.19. The van der Waals surface area contributed by atoms with Crippen LogP contribution in [0.25, 0.3) is 0 Å². The van der Waals surface area contributed by atoms with Crippen molar-refractivity contribution in [3.63, 3.8) is 0 Å². The van der Waals surface area contributed by atoms with Crippen LogP contribution in [0.3, 0.4) is 0 Å². The summed E-state index contributed by atoms with van der Waals surface area (Å²) >= 11 is 0. The fourth-order valence-corrected chi connectivity index (χ4v) is 1.97. The third-order valence-electron chi connectivity index (χ3n) is 2.78. The Kier molecular flexibility index (Phi) is 2.75. The van der Waals surface area contributed by atoms with Crippen LogP contribution in [-0.4, -0.2) is 22.1 Å². The van der Waals surface area contributed by atoms with Crippen molar-refractivity contribution < 1.29 is 9.53 Å². The van der Waals surface area contributed by atoms with Crippen LogP contribution in [0.4, 0.5) is 0 Å². The monoisotopic (exact) mass is 208 g/mol. The number of ether oxygens (including phenoxy) is 1. The third kappa shape index (κ3) is 1.89. The van der Waals surface area contributed by atoms with Crippen molar-refractivity contribution in [2.75, 3.05) is 6.61 Å². The second-order valence-electron chi connectivity index (χ2n) is 4.05. The van der Waals surface area contributed by atoms with E-state index in [-0.39, 0.29) is 5.97 Å². The average molecular weight is 208 g/mol. The van der Waals surface area contributed by atoms with Gasteiger partial charge in [0.2, 0.25) is 5.82 Å². The fraction of sp³-hybridized carbons (Fsp3) is 0.636. The Bertz CT molecular complexity index is 371. The molecule has 1 aliphatic rings. The van der Waals surface area contributed by atoms with E-state index >= 15 is 0 Å². The molecule has 1 aliphatic heterocycles. The van der Waals surface area contributed by atoms with E-state index in [0.717, 1.165) is 18.7 Å². The second kappa shape index (κ2) is 4.04. The summed E-state index contributed by atoms with van der Waals surface area (Å²) in [6, 6.07) is 0. The van der Waals surface area contributed by atoms with Crippen molar-refractivity contribution in [3.05, 3.63) is 17.7 Å². The molecule has 0 aromatic carbocycles. The molecular formula is C11H16N2O2. The summed E-state index contributed by atoms with van der Waals surface area (Å²) in [4.78, 5) is 15.7. The molecule has 0 bridgehead atoms. The van der Waals surface area contributed by atoms with Crippen LogP contribution >= 0.6 is 0 Å². The molecular weight excluding hydrogens is 192 g/mol. The van der Waals surface area contributed by atoms with E-state index in [1.165, 1.54) is 6.42 Å². The second-order valence-corrected chi connectivity index (χ2v) is 4.05. The molecule has 4 heteroatoms. The van der Waals surface area contributed by atoms with E-state index in [2.05, 4.69) is 11.9 Å². The smallest absolute Gasteiger partial charge is 0.374 e. The van der Waals surface area contributed by atoms with E-state index < -0.39 is 0 Å². The Balaban J connectivity index is 2.26. The molecule has 4 nitrogen and oxygen atoms in total. The number of carbonyl (C=O) groups excluding carboxylic acids is 1. The lowest BCUT2D eigenvalue weighted by Gasteiger charge is -2.21. The fourth-order valence-electron chi connectivity index (χ4n) is 1.97. The van der Waals surface area contributed by atoms with Gasteiger partial charge < -0.3 is 9.30 Å².